The lowest BCUT2D eigenvalue weighted by Gasteiger charge is -2.13. The van der Waals surface area contributed by atoms with Gasteiger partial charge in [-0.1, -0.05) is 6.07 Å². The van der Waals surface area contributed by atoms with E-state index >= 15 is 0 Å². The summed E-state index contributed by atoms with van der Waals surface area (Å²) in [5, 5.41) is 5.73. The van der Waals surface area contributed by atoms with Gasteiger partial charge in [0.25, 0.3) is 5.91 Å². The molecule has 7 nitrogen and oxygen atoms in total. The van der Waals surface area contributed by atoms with Crippen LogP contribution in [0.1, 0.15) is 16.3 Å². The fourth-order valence-corrected chi connectivity index (χ4v) is 2.56. The molecule has 0 fully saturated rings. The first-order valence-electron chi connectivity index (χ1n) is 8.40. The van der Waals surface area contributed by atoms with Crippen LogP contribution in [-0.2, 0) is 0 Å². The molecule has 0 aliphatic carbocycles. The first-order valence-corrected chi connectivity index (χ1v) is 8.40. The van der Waals surface area contributed by atoms with E-state index in [0.29, 0.717) is 34.5 Å². The standard InChI is InChI=1S/C20H19FN4O3/c1-12-22-17(20(26)24-14-6-4-5-13(21)9-14)11-19(23-12)25-16-10-15(27-2)7-8-18(16)28-3/h4-11H,1-3H3,(H,24,26)(H,22,23,25). The van der Waals surface area contributed by atoms with Crippen LogP contribution < -0.4 is 20.1 Å². The van der Waals surface area contributed by atoms with Gasteiger partial charge >= 0.3 is 0 Å². The normalized spacial score (nSPS) is 10.3. The van der Waals surface area contributed by atoms with Crippen molar-refractivity contribution in [3.8, 4) is 11.5 Å². The molecule has 0 aliphatic heterocycles. The van der Waals surface area contributed by atoms with E-state index in [1.807, 2.05) is 0 Å². The number of nitrogens with zero attached hydrogens (tertiary/aromatic N) is 2. The van der Waals surface area contributed by atoms with Gasteiger partial charge in [0.05, 0.1) is 19.9 Å². The molecule has 1 amide bonds. The molecule has 0 saturated carbocycles. The monoisotopic (exact) mass is 382 g/mol. The quantitative estimate of drug-likeness (QED) is 0.672. The Hall–Kier alpha value is -3.68. The van der Waals surface area contributed by atoms with Gasteiger partial charge in [-0.25, -0.2) is 14.4 Å². The fourth-order valence-electron chi connectivity index (χ4n) is 2.56. The molecule has 0 atom stereocenters. The highest BCUT2D eigenvalue weighted by atomic mass is 19.1. The van der Waals surface area contributed by atoms with Crippen molar-refractivity contribution < 1.29 is 18.7 Å². The van der Waals surface area contributed by atoms with Crippen LogP contribution in [0.3, 0.4) is 0 Å². The molecule has 0 aliphatic rings. The number of carbonyl (C=O) groups excluding carboxylic acids is 1. The molecule has 3 aromatic rings. The Balaban J connectivity index is 1.86. The van der Waals surface area contributed by atoms with Crippen LogP contribution in [-0.4, -0.2) is 30.1 Å². The Labute approximate surface area is 161 Å². The molecular weight excluding hydrogens is 363 g/mol. The van der Waals surface area contributed by atoms with Crippen LogP contribution >= 0.6 is 0 Å². The maximum atomic E-state index is 13.3. The molecule has 3 rings (SSSR count). The first-order chi connectivity index (χ1) is 13.5. The number of ether oxygens (including phenoxy) is 2. The average molecular weight is 382 g/mol. The molecule has 1 heterocycles. The van der Waals surface area contributed by atoms with Crippen LogP contribution in [0.5, 0.6) is 11.5 Å². The van der Waals surface area contributed by atoms with E-state index in [1.54, 1.807) is 45.4 Å². The zero-order valence-corrected chi connectivity index (χ0v) is 15.6. The summed E-state index contributed by atoms with van der Waals surface area (Å²) in [5.74, 6) is 1.11. The molecule has 2 N–H and O–H groups in total. The van der Waals surface area contributed by atoms with Crippen LogP contribution in [0.2, 0.25) is 0 Å². The van der Waals surface area contributed by atoms with E-state index < -0.39 is 11.7 Å². The summed E-state index contributed by atoms with van der Waals surface area (Å²) in [7, 11) is 3.12. The van der Waals surface area contributed by atoms with Gasteiger partial charge in [-0.05, 0) is 37.3 Å². The largest absolute Gasteiger partial charge is 0.497 e. The maximum absolute atomic E-state index is 13.3. The topological polar surface area (TPSA) is 85.4 Å². The summed E-state index contributed by atoms with van der Waals surface area (Å²) < 4.78 is 23.9. The third-order valence-corrected chi connectivity index (χ3v) is 3.82. The Bertz CT molecular complexity index is 1010. The lowest BCUT2D eigenvalue weighted by Crippen LogP contribution is -2.15. The Morgan fingerprint density at radius 1 is 1.04 bits per heavy atom. The van der Waals surface area contributed by atoms with Crippen LogP contribution in [0.15, 0.2) is 48.5 Å². The number of hydrogen-bond acceptors (Lipinski definition) is 6. The molecule has 1 aromatic heterocycles. The molecule has 2 aromatic carbocycles. The van der Waals surface area contributed by atoms with Gasteiger partial charge in [0.1, 0.15) is 34.7 Å². The minimum absolute atomic E-state index is 0.140. The third-order valence-electron chi connectivity index (χ3n) is 3.82. The van der Waals surface area contributed by atoms with Gasteiger partial charge in [-0.2, -0.15) is 0 Å². The SMILES string of the molecule is COc1ccc(OC)c(Nc2cc(C(=O)Nc3cccc(F)c3)nc(C)n2)c1. The summed E-state index contributed by atoms with van der Waals surface area (Å²) in [6.45, 7) is 1.67. The lowest BCUT2D eigenvalue weighted by atomic mass is 10.2. The van der Waals surface area contributed by atoms with Gasteiger partial charge < -0.3 is 20.1 Å². The van der Waals surface area contributed by atoms with Gasteiger partial charge in [-0.3, -0.25) is 4.79 Å². The fraction of sp³-hybridized carbons (Fsp3) is 0.150. The smallest absolute Gasteiger partial charge is 0.274 e. The van der Waals surface area contributed by atoms with Gasteiger partial charge in [0.15, 0.2) is 0 Å². The second kappa shape index (κ2) is 8.34. The first kappa shape index (κ1) is 19.1. The van der Waals surface area contributed by atoms with Crippen molar-refractivity contribution in [1.82, 2.24) is 9.97 Å². The number of anilines is 3. The summed E-state index contributed by atoms with van der Waals surface area (Å²) in [5.41, 5.74) is 1.10. The number of nitrogens with one attached hydrogen (secondary N) is 2. The Morgan fingerprint density at radius 3 is 2.57 bits per heavy atom. The van der Waals surface area contributed by atoms with Gasteiger partial charge in [-0.15, -0.1) is 0 Å². The summed E-state index contributed by atoms with van der Waals surface area (Å²) in [6, 6.07) is 12.4. The molecule has 0 bridgehead atoms. The lowest BCUT2D eigenvalue weighted by molar-refractivity contribution is 0.102. The van der Waals surface area contributed by atoms with E-state index in [1.165, 1.54) is 24.3 Å². The Kier molecular flexibility index (Phi) is 5.69. The van der Waals surface area contributed by atoms with E-state index in [4.69, 9.17) is 9.47 Å². The third kappa shape index (κ3) is 4.53. The highest BCUT2D eigenvalue weighted by molar-refractivity contribution is 6.03. The summed E-state index contributed by atoms with van der Waals surface area (Å²) >= 11 is 0. The molecule has 0 saturated heterocycles. The van der Waals surface area contributed by atoms with Crippen LogP contribution in [0, 0.1) is 12.7 Å². The van der Waals surface area contributed by atoms with Gasteiger partial charge in [0.2, 0.25) is 0 Å². The number of hydrogen-bond donors (Lipinski definition) is 2. The van der Waals surface area contributed by atoms with E-state index in [9.17, 15) is 9.18 Å². The van der Waals surface area contributed by atoms with Crippen molar-refractivity contribution >= 4 is 23.1 Å². The van der Waals surface area contributed by atoms with Gasteiger partial charge in [0, 0.05) is 17.8 Å². The van der Waals surface area contributed by atoms with Crippen molar-refractivity contribution in [2.24, 2.45) is 0 Å². The zero-order valence-electron chi connectivity index (χ0n) is 15.6. The van der Waals surface area contributed by atoms with Crippen molar-refractivity contribution in [2.75, 3.05) is 24.9 Å². The number of rotatable bonds is 6. The zero-order chi connectivity index (χ0) is 20.1. The number of carbonyl (C=O) groups is 1. The summed E-state index contributed by atoms with van der Waals surface area (Å²) in [6.07, 6.45) is 0. The van der Waals surface area contributed by atoms with Crippen molar-refractivity contribution in [2.45, 2.75) is 6.92 Å². The minimum Gasteiger partial charge on any atom is -0.497 e. The van der Waals surface area contributed by atoms with Crippen molar-refractivity contribution in [3.05, 3.63) is 65.9 Å². The predicted molar refractivity (Wildman–Crippen MR) is 104 cm³/mol. The number of aryl methyl sites for hydroxylation is 1. The second-order valence-electron chi connectivity index (χ2n) is 5.84. The number of benzene rings is 2. The van der Waals surface area contributed by atoms with Crippen molar-refractivity contribution in [3.63, 3.8) is 0 Å². The number of methoxy groups -OCH3 is 2. The highest BCUT2D eigenvalue weighted by Crippen LogP contribution is 2.31. The predicted octanol–water partition coefficient (Wildman–Crippen LogP) is 3.94. The number of halogens is 1. The summed E-state index contributed by atoms with van der Waals surface area (Å²) in [4.78, 5) is 21.0. The number of amides is 1. The highest BCUT2D eigenvalue weighted by Gasteiger charge is 2.13. The van der Waals surface area contributed by atoms with Crippen LogP contribution in [0.4, 0.5) is 21.6 Å². The average Bonchev–Trinajstić information content (AvgIpc) is 2.67. The minimum atomic E-state index is -0.475. The maximum Gasteiger partial charge on any atom is 0.274 e. The molecule has 0 spiro atoms. The van der Waals surface area contributed by atoms with Crippen LogP contribution in [0.25, 0.3) is 0 Å². The number of aromatic nitrogens is 2. The molecule has 8 heteroatoms. The second-order valence-corrected chi connectivity index (χ2v) is 5.84. The molecule has 0 unspecified atom stereocenters. The molecular formula is C20H19FN4O3. The molecule has 144 valence electrons. The van der Waals surface area contributed by atoms with E-state index in [-0.39, 0.29) is 5.69 Å². The van der Waals surface area contributed by atoms with E-state index in [0.717, 1.165) is 0 Å². The van der Waals surface area contributed by atoms with E-state index in [2.05, 4.69) is 20.6 Å². The molecule has 0 radical (unpaired) electrons. The molecule has 28 heavy (non-hydrogen) atoms. The Morgan fingerprint density at radius 2 is 1.86 bits per heavy atom. The van der Waals surface area contributed by atoms with Crippen molar-refractivity contribution in [1.29, 1.82) is 0 Å².